The first-order valence-corrected chi connectivity index (χ1v) is 7.98. The molecular formula is C16H24N4O2. The molecule has 6 heteroatoms. The second-order valence-electron chi connectivity index (χ2n) is 5.85. The van der Waals surface area contributed by atoms with Crippen LogP contribution < -0.4 is 0 Å². The number of nitrogens with zero attached hydrogens (tertiary/aromatic N) is 4. The monoisotopic (exact) mass is 304 g/mol. The highest BCUT2D eigenvalue weighted by atomic mass is 16.5. The Morgan fingerprint density at radius 1 is 1.41 bits per heavy atom. The van der Waals surface area contributed by atoms with Crippen molar-refractivity contribution in [1.82, 2.24) is 19.8 Å². The smallest absolute Gasteiger partial charge is 0.133 e. The van der Waals surface area contributed by atoms with Gasteiger partial charge in [0, 0.05) is 56.5 Å². The van der Waals surface area contributed by atoms with Crippen LogP contribution in [-0.4, -0.2) is 39.6 Å². The molecule has 0 aromatic carbocycles. The number of hydrogen-bond donors (Lipinski definition) is 0. The van der Waals surface area contributed by atoms with E-state index < -0.39 is 0 Å². The summed E-state index contributed by atoms with van der Waals surface area (Å²) in [5.41, 5.74) is 3.49. The Morgan fingerprint density at radius 2 is 2.27 bits per heavy atom. The lowest BCUT2D eigenvalue weighted by molar-refractivity contribution is 0.103. The number of ether oxygens (including phenoxy) is 1. The van der Waals surface area contributed by atoms with Crippen molar-refractivity contribution >= 4 is 0 Å². The predicted octanol–water partition coefficient (Wildman–Crippen LogP) is 2.34. The highest BCUT2D eigenvalue weighted by Gasteiger charge is 2.29. The standard InChI is InChI=1S/C16H24N4O2/c1-4-20-9-13-7-19(10-15-6-12(3)22-18-15)8-14(11-21-5-2)16(13)17-20/h6,9,14H,4-5,7-8,10-11H2,1-3H3/t14-/m0/s1. The predicted molar refractivity (Wildman–Crippen MR) is 82.5 cm³/mol. The van der Waals surface area contributed by atoms with Gasteiger partial charge < -0.3 is 9.26 Å². The Balaban J connectivity index is 1.77. The Morgan fingerprint density at radius 3 is 2.95 bits per heavy atom. The van der Waals surface area contributed by atoms with Crippen LogP contribution >= 0.6 is 0 Å². The normalized spacial score (nSPS) is 18.6. The second kappa shape index (κ2) is 6.62. The summed E-state index contributed by atoms with van der Waals surface area (Å²) in [5.74, 6) is 1.18. The van der Waals surface area contributed by atoms with Gasteiger partial charge in [0.25, 0.3) is 0 Å². The molecular weight excluding hydrogens is 280 g/mol. The van der Waals surface area contributed by atoms with Gasteiger partial charge in [0.2, 0.25) is 0 Å². The molecule has 120 valence electrons. The molecule has 2 aromatic heterocycles. The summed E-state index contributed by atoms with van der Waals surface area (Å²) >= 11 is 0. The summed E-state index contributed by atoms with van der Waals surface area (Å²) in [6.45, 7) is 11.1. The van der Waals surface area contributed by atoms with E-state index in [9.17, 15) is 0 Å². The van der Waals surface area contributed by atoms with Gasteiger partial charge in [0.05, 0.1) is 18.0 Å². The zero-order valence-electron chi connectivity index (χ0n) is 13.6. The van der Waals surface area contributed by atoms with E-state index in [1.165, 1.54) is 11.3 Å². The Hall–Kier alpha value is -1.66. The molecule has 0 unspecified atom stereocenters. The van der Waals surface area contributed by atoms with Crippen molar-refractivity contribution in [3.8, 4) is 0 Å². The van der Waals surface area contributed by atoms with E-state index in [-0.39, 0.29) is 0 Å². The highest BCUT2D eigenvalue weighted by molar-refractivity contribution is 5.25. The lowest BCUT2D eigenvalue weighted by Gasteiger charge is -2.31. The molecule has 0 saturated carbocycles. The maximum Gasteiger partial charge on any atom is 0.133 e. The van der Waals surface area contributed by atoms with E-state index in [0.29, 0.717) is 5.92 Å². The molecule has 3 rings (SSSR count). The summed E-state index contributed by atoms with van der Waals surface area (Å²) in [7, 11) is 0. The van der Waals surface area contributed by atoms with Crippen molar-refractivity contribution in [1.29, 1.82) is 0 Å². The second-order valence-corrected chi connectivity index (χ2v) is 5.85. The highest BCUT2D eigenvalue weighted by Crippen LogP contribution is 2.28. The first-order chi connectivity index (χ1) is 10.7. The Labute approximate surface area is 131 Å². The lowest BCUT2D eigenvalue weighted by Crippen LogP contribution is -2.35. The van der Waals surface area contributed by atoms with Gasteiger partial charge >= 0.3 is 0 Å². The minimum atomic E-state index is 0.324. The zero-order valence-corrected chi connectivity index (χ0v) is 13.6. The van der Waals surface area contributed by atoms with Crippen molar-refractivity contribution in [2.45, 2.75) is 46.3 Å². The fourth-order valence-corrected chi connectivity index (χ4v) is 3.04. The van der Waals surface area contributed by atoms with Crippen LogP contribution in [0.15, 0.2) is 16.8 Å². The van der Waals surface area contributed by atoms with Crippen LogP contribution in [0.2, 0.25) is 0 Å². The van der Waals surface area contributed by atoms with Gasteiger partial charge in [-0.15, -0.1) is 0 Å². The van der Waals surface area contributed by atoms with Crippen LogP contribution in [0.3, 0.4) is 0 Å². The van der Waals surface area contributed by atoms with Crippen LogP contribution in [0.4, 0.5) is 0 Å². The zero-order chi connectivity index (χ0) is 15.5. The van der Waals surface area contributed by atoms with Gasteiger partial charge in [-0.2, -0.15) is 5.10 Å². The van der Waals surface area contributed by atoms with E-state index in [1.54, 1.807) is 0 Å². The number of aromatic nitrogens is 3. The van der Waals surface area contributed by atoms with Gasteiger partial charge in [0.1, 0.15) is 5.76 Å². The third-order valence-electron chi connectivity index (χ3n) is 4.04. The molecule has 0 bridgehead atoms. The first kappa shape index (κ1) is 15.2. The fourth-order valence-electron chi connectivity index (χ4n) is 3.04. The van der Waals surface area contributed by atoms with Crippen molar-refractivity contribution in [3.63, 3.8) is 0 Å². The number of hydrogen-bond acceptors (Lipinski definition) is 5. The van der Waals surface area contributed by atoms with Crippen LogP contribution in [-0.2, 0) is 24.4 Å². The van der Waals surface area contributed by atoms with Crippen LogP contribution in [0.25, 0.3) is 0 Å². The summed E-state index contributed by atoms with van der Waals surface area (Å²) < 4.78 is 12.9. The van der Waals surface area contributed by atoms with Crippen LogP contribution in [0.5, 0.6) is 0 Å². The first-order valence-electron chi connectivity index (χ1n) is 7.98. The molecule has 1 aliphatic rings. The van der Waals surface area contributed by atoms with Crippen LogP contribution in [0, 0.1) is 6.92 Å². The molecule has 0 fully saturated rings. The minimum Gasteiger partial charge on any atom is -0.381 e. The molecule has 0 amide bonds. The van der Waals surface area contributed by atoms with Gasteiger partial charge in [-0.1, -0.05) is 5.16 Å². The molecule has 0 radical (unpaired) electrons. The number of aryl methyl sites for hydroxylation is 2. The van der Waals surface area contributed by atoms with Gasteiger partial charge in [-0.05, 0) is 20.8 Å². The van der Waals surface area contributed by atoms with Crippen molar-refractivity contribution in [2.75, 3.05) is 19.8 Å². The topological polar surface area (TPSA) is 56.3 Å². The third-order valence-corrected chi connectivity index (χ3v) is 4.04. The van der Waals surface area contributed by atoms with E-state index in [2.05, 4.69) is 23.2 Å². The molecule has 6 nitrogen and oxygen atoms in total. The SMILES string of the molecule is CCOC[C@@H]1CN(Cc2cc(C)on2)Cc2cn(CC)nc21. The Bertz CT molecular complexity index is 619. The maximum atomic E-state index is 5.67. The molecule has 0 N–H and O–H groups in total. The molecule has 1 atom stereocenters. The number of fused-ring (bicyclic) bond motifs is 1. The fraction of sp³-hybridized carbons (Fsp3) is 0.625. The molecule has 0 spiro atoms. The van der Waals surface area contributed by atoms with Crippen molar-refractivity contribution < 1.29 is 9.26 Å². The van der Waals surface area contributed by atoms with Gasteiger partial charge in [-0.3, -0.25) is 9.58 Å². The molecule has 1 aliphatic heterocycles. The molecule has 2 aromatic rings. The average molecular weight is 304 g/mol. The quantitative estimate of drug-likeness (QED) is 0.820. The van der Waals surface area contributed by atoms with E-state index in [0.717, 1.165) is 50.8 Å². The molecule has 22 heavy (non-hydrogen) atoms. The minimum absolute atomic E-state index is 0.324. The summed E-state index contributed by atoms with van der Waals surface area (Å²) in [4.78, 5) is 2.39. The van der Waals surface area contributed by atoms with E-state index in [1.807, 2.05) is 24.6 Å². The Kier molecular flexibility index (Phi) is 4.59. The van der Waals surface area contributed by atoms with Gasteiger partial charge in [0.15, 0.2) is 0 Å². The van der Waals surface area contributed by atoms with Crippen molar-refractivity contribution in [3.05, 3.63) is 35.0 Å². The molecule has 0 aliphatic carbocycles. The summed E-state index contributed by atoms with van der Waals surface area (Å²) in [5, 5.41) is 8.83. The number of rotatable bonds is 6. The maximum absolute atomic E-state index is 5.67. The van der Waals surface area contributed by atoms with E-state index in [4.69, 9.17) is 14.4 Å². The largest absolute Gasteiger partial charge is 0.381 e. The molecule has 3 heterocycles. The van der Waals surface area contributed by atoms with Gasteiger partial charge in [-0.25, -0.2) is 0 Å². The average Bonchev–Trinajstić information content (AvgIpc) is 3.10. The third kappa shape index (κ3) is 3.23. The lowest BCUT2D eigenvalue weighted by atomic mass is 9.97. The summed E-state index contributed by atoms with van der Waals surface area (Å²) in [6, 6.07) is 2.00. The van der Waals surface area contributed by atoms with Crippen molar-refractivity contribution in [2.24, 2.45) is 0 Å². The molecule has 0 saturated heterocycles. The van der Waals surface area contributed by atoms with Crippen LogP contribution in [0.1, 0.15) is 42.5 Å². The summed E-state index contributed by atoms with van der Waals surface area (Å²) in [6.07, 6.45) is 2.16. The van der Waals surface area contributed by atoms with E-state index >= 15 is 0 Å².